The molecule has 0 unspecified atom stereocenters. The lowest BCUT2D eigenvalue weighted by molar-refractivity contribution is 1.59. The first-order valence-electron chi connectivity index (χ1n) is 2.73. The van der Waals surface area contributed by atoms with Gasteiger partial charge in [-0.1, -0.05) is 43.2 Å². The molecule has 10 heavy (non-hydrogen) atoms. The first-order valence-corrected chi connectivity index (χ1v) is 10.2. The number of thioether (sulfide) groups is 1. The fraction of sp³-hybridized carbons (Fsp3) is 1.00. The van der Waals surface area contributed by atoms with E-state index in [1.165, 1.54) is 21.7 Å². The minimum Gasteiger partial charge on any atom is -0.138 e. The van der Waals surface area contributed by atoms with Crippen molar-refractivity contribution in [3.63, 3.8) is 0 Å². The van der Waals surface area contributed by atoms with Crippen LogP contribution >= 0.6 is 64.8 Å². The van der Waals surface area contributed by atoms with Gasteiger partial charge in [0.1, 0.15) is 0 Å². The highest BCUT2D eigenvalue weighted by atomic mass is 33.5. The monoisotopic (exact) mass is 248 g/mol. The zero-order valence-corrected chi connectivity index (χ0v) is 10.2. The van der Waals surface area contributed by atoms with E-state index in [2.05, 4.69) is 0 Å². The van der Waals surface area contributed by atoms with Crippen LogP contribution in [0.1, 0.15) is 0 Å². The highest BCUT2D eigenvalue weighted by Gasteiger charge is 1.97. The van der Waals surface area contributed by atoms with Crippen LogP contribution in [0.3, 0.4) is 0 Å². The van der Waals surface area contributed by atoms with Gasteiger partial charge in [-0.2, -0.15) is 0 Å². The average molecular weight is 249 g/mol. The first kappa shape index (κ1) is 10.2. The Morgan fingerprint density at radius 2 is 1.30 bits per heavy atom. The van der Waals surface area contributed by atoms with Gasteiger partial charge in [0, 0.05) is 11.5 Å². The molecule has 2 heterocycles. The van der Waals surface area contributed by atoms with Crippen molar-refractivity contribution in [2.45, 2.75) is 0 Å². The van der Waals surface area contributed by atoms with Crippen LogP contribution in [0, 0.1) is 0 Å². The van der Waals surface area contributed by atoms with Crippen LogP contribution in [0.25, 0.3) is 0 Å². The number of hydrogen-bond donors (Lipinski definition) is 0. The molecular formula is C4H8S6. The molecule has 0 spiro atoms. The minimum atomic E-state index is 1.30. The SMILES string of the molecule is C1CSSS1.C1SCSS1. The lowest BCUT2D eigenvalue weighted by Crippen LogP contribution is -1.64. The Morgan fingerprint density at radius 1 is 0.700 bits per heavy atom. The molecule has 0 saturated carbocycles. The Bertz CT molecular complexity index is 42.9. The fourth-order valence-corrected chi connectivity index (χ4v) is 9.19. The summed E-state index contributed by atoms with van der Waals surface area (Å²) in [4.78, 5) is 0. The van der Waals surface area contributed by atoms with E-state index in [-0.39, 0.29) is 0 Å². The predicted molar refractivity (Wildman–Crippen MR) is 65.0 cm³/mol. The van der Waals surface area contributed by atoms with E-state index in [1.54, 1.807) is 0 Å². The van der Waals surface area contributed by atoms with E-state index in [0.29, 0.717) is 0 Å². The second kappa shape index (κ2) is 7.73. The first-order chi connectivity index (χ1) is 5.00. The molecule has 0 radical (unpaired) electrons. The molecule has 2 rings (SSSR count). The summed E-state index contributed by atoms with van der Waals surface area (Å²) in [5.41, 5.74) is 0. The molecule has 0 atom stereocenters. The van der Waals surface area contributed by atoms with E-state index < -0.39 is 0 Å². The maximum atomic E-state index is 2.00. The average Bonchev–Trinajstić information content (AvgIpc) is 2.67. The van der Waals surface area contributed by atoms with Crippen LogP contribution in [0.15, 0.2) is 0 Å². The normalized spacial score (nSPS) is 24.0. The number of rotatable bonds is 0. The molecule has 2 aliphatic rings. The van der Waals surface area contributed by atoms with Gasteiger partial charge in [-0.15, -0.1) is 11.8 Å². The third-order valence-corrected chi connectivity index (χ3v) is 9.70. The topological polar surface area (TPSA) is 0 Å². The lowest BCUT2D eigenvalue weighted by Gasteiger charge is -1.67. The molecule has 0 aromatic heterocycles. The van der Waals surface area contributed by atoms with Crippen molar-refractivity contribution in [3.05, 3.63) is 0 Å². The summed E-state index contributed by atoms with van der Waals surface area (Å²) in [5.74, 6) is 2.69. The third kappa shape index (κ3) is 5.71. The van der Waals surface area contributed by atoms with Crippen molar-refractivity contribution in [1.82, 2.24) is 0 Å². The van der Waals surface area contributed by atoms with Crippen molar-refractivity contribution in [3.8, 4) is 0 Å². The maximum absolute atomic E-state index is 2.00. The predicted octanol–water partition coefficient (Wildman–Crippen LogP) is 4.06. The summed E-state index contributed by atoms with van der Waals surface area (Å²) in [7, 11) is 9.72. The van der Waals surface area contributed by atoms with Crippen LogP contribution in [-0.2, 0) is 0 Å². The Hall–Kier alpha value is 2.10. The summed E-state index contributed by atoms with van der Waals surface area (Å²) in [6, 6.07) is 0. The minimum absolute atomic E-state index is 1.30. The Kier molecular flexibility index (Phi) is 7.88. The van der Waals surface area contributed by atoms with Gasteiger partial charge in [0.05, 0.1) is 10.2 Å². The summed E-state index contributed by atoms with van der Waals surface area (Å²) in [6.45, 7) is 0. The second-order valence-electron chi connectivity index (χ2n) is 1.39. The maximum Gasteiger partial charge on any atom is 0.0505 e. The number of hydrogen-bond acceptors (Lipinski definition) is 6. The van der Waals surface area contributed by atoms with Crippen molar-refractivity contribution in [1.29, 1.82) is 0 Å². The summed E-state index contributed by atoms with van der Waals surface area (Å²) in [5, 5.41) is 2.59. The molecule has 0 N–H and O–H groups in total. The van der Waals surface area contributed by atoms with Crippen molar-refractivity contribution >= 4 is 64.8 Å². The summed E-state index contributed by atoms with van der Waals surface area (Å²) >= 11 is 2.00. The lowest BCUT2D eigenvalue weighted by atomic mass is 11.0. The zero-order valence-electron chi connectivity index (χ0n) is 5.28. The molecule has 6 heteroatoms. The van der Waals surface area contributed by atoms with Gasteiger partial charge in [0.15, 0.2) is 0 Å². The van der Waals surface area contributed by atoms with Crippen LogP contribution < -0.4 is 0 Å². The largest absolute Gasteiger partial charge is 0.138 e. The van der Waals surface area contributed by atoms with Gasteiger partial charge >= 0.3 is 0 Å². The highest BCUT2D eigenvalue weighted by molar-refractivity contribution is 9.10. The Balaban J connectivity index is 0.0000001000. The van der Waals surface area contributed by atoms with Crippen LogP contribution in [0.4, 0.5) is 0 Å². The Morgan fingerprint density at radius 3 is 1.50 bits per heavy atom. The molecule has 0 aliphatic carbocycles. The van der Waals surface area contributed by atoms with E-state index in [4.69, 9.17) is 0 Å². The van der Waals surface area contributed by atoms with Crippen molar-refractivity contribution < 1.29 is 0 Å². The van der Waals surface area contributed by atoms with E-state index in [0.717, 1.165) is 0 Å². The van der Waals surface area contributed by atoms with Gasteiger partial charge in [-0.3, -0.25) is 0 Å². The molecule has 0 aromatic rings. The molecule has 2 aliphatic heterocycles. The Labute approximate surface area is 85.8 Å². The van der Waals surface area contributed by atoms with Crippen LogP contribution in [0.5, 0.6) is 0 Å². The molecule has 2 saturated heterocycles. The quantitative estimate of drug-likeness (QED) is 0.589. The molecule has 60 valence electrons. The van der Waals surface area contributed by atoms with Gasteiger partial charge < -0.3 is 0 Å². The molecule has 2 fully saturated rings. The van der Waals surface area contributed by atoms with Crippen LogP contribution in [0.2, 0.25) is 0 Å². The molecule has 0 nitrogen and oxygen atoms in total. The standard InChI is InChI=1S/2C2H4S3/c1-3-2-5-4-1;1-2-4-5-3-1/h2*1-2H2. The van der Waals surface area contributed by atoms with Crippen LogP contribution in [-0.4, -0.2) is 21.7 Å². The molecule has 0 bridgehead atoms. The summed E-state index contributed by atoms with van der Waals surface area (Å²) in [6.07, 6.45) is 0. The van der Waals surface area contributed by atoms with Gasteiger partial charge in [-0.05, 0) is 9.83 Å². The zero-order chi connectivity index (χ0) is 7.07. The van der Waals surface area contributed by atoms with E-state index in [9.17, 15) is 0 Å². The van der Waals surface area contributed by atoms with Gasteiger partial charge in [0.2, 0.25) is 0 Å². The van der Waals surface area contributed by atoms with Crippen molar-refractivity contribution in [2.75, 3.05) is 21.7 Å². The van der Waals surface area contributed by atoms with E-state index >= 15 is 0 Å². The molecule has 0 amide bonds. The smallest absolute Gasteiger partial charge is 0.0505 e. The second-order valence-corrected chi connectivity index (χ2v) is 10.0. The molecule has 0 aromatic carbocycles. The molecular weight excluding hydrogens is 240 g/mol. The third-order valence-electron chi connectivity index (χ3n) is 0.692. The summed E-state index contributed by atoms with van der Waals surface area (Å²) < 4.78 is 0. The highest BCUT2D eigenvalue weighted by Crippen LogP contribution is 2.41. The fourth-order valence-electron chi connectivity index (χ4n) is 0.340. The van der Waals surface area contributed by atoms with E-state index in [1.807, 2.05) is 64.8 Å². The van der Waals surface area contributed by atoms with Gasteiger partial charge in [-0.25, -0.2) is 0 Å². The van der Waals surface area contributed by atoms with Gasteiger partial charge in [0.25, 0.3) is 0 Å². The van der Waals surface area contributed by atoms with Crippen molar-refractivity contribution in [2.24, 2.45) is 0 Å².